The first-order valence-corrected chi connectivity index (χ1v) is 8.67. The number of benzene rings is 1. The van der Waals surface area contributed by atoms with Crippen molar-refractivity contribution in [2.45, 2.75) is 37.5 Å². The molecule has 0 saturated carbocycles. The van der Waals surface area contributed by atoms with Crippen molar-refractivity contribution in [1.29, 1.82) is 0 Å². The normalized spacial score (nSPS) is 16.0. The molecule has 0 unspecified atom stereocenters. The van der Waals surface area contributed by atoms with Crippen molar-refractivity contribution >= 4 is 17.7 Å². The van der Waals surface area contributed by atoms with Gasteiger partial charge < -0.3 is 10.2 Å². The summed E-state index contributed by atoms with van der Waals surface area (Å²) in [5.74, 6) is 1.15. The minimum Gasteiger partial charge on any atom is -0.340 e. The molecule has 0 radical (unpaired) electrons. The Morgan fingerprint density at radius 2 is 1.81 bits per heavy atom. The Bertz CT molecular complexity index is 459. The molecule has 116 valence electrons. The van der Waals surface area contributed by atoms with Gasteiger partial charge in [-0.2, -0.15) is 0 Å². The molecule has 1 aromatic carbocycles. The smallest absolute Gasteiger partial charge is 0.223 e. The fraction of sp³-hybridized carbons (Fsp3) is 0.588. The fourth-order valence-corrected chi connectivity index (χ4v) is 3.22. The van der Waals surface area contributed by atoms with Crippen molar-refractivity contribution in [3.63, 3.8) is 0 Å². The molecule has 0 spiro atoms. The van der Waals surface area contributed by atoms with Crippen LogP contribution in [0.5, 0.6) is 0 Å². The van der Waals surface area contributed by atoms with Crippen molar-refractivity contribution in [2.24, 2.45) is 0 Å². The Morgan fingerprint density at radius 3 is 2.38 bits per heavy atom. The molecule has 0 aliphatic carbocycles. The Labute approximate surface area is 132 Å². The van der Waals surface area contributed by atoms with E-state index in [1.54, 1.807) is 11.8 Å². The molecule has 2 rings (SSSR count). The number of hydrogen-bond donors (Lipinski definition) is 1. The van der Waals surface area contributed by atoms with E-state index in [1.165, 1.54) is 10.5 Å². The van der Waals surface area contributed by atoms with Gasteiger partial charge in [-0.3, -0.25) is 4.79 Å². The van der Waals surface area contributed by atoms with Gasteiger partial charge in [0.1, 0.15) is 0 Å². The number of thioether (sulfide) groups is 1. The highest BCUT2D eigenvalue weighted by Gasteiger charge is 2.16. The van der Waals surface area contributed by atoms with Crippen molar-refractivity contribution < 1.29 is 4.79 Å². The number of carbonyl (C=O) groups excluding carboxylic acids is 1. The van der Waals surface area contributed by atoms with Crippen LogP contribution >= 0.6 is 11.8 Å². The summed E-state index contributed by atoms with van der Waals surface area (Å²) in [5, 5.41) is 3.27. The lowest BCUT2D eigenvalue weighted by Gasteiger charge is -2.27. The molecule has 21 heavy (non-hydrogen) atoms. The molecule has 1 heterocycles. The molecule has 1 aliphatic rings. The van der Waals surface area contributed by atoms with E-state index < -0.39 is 0 Å². The Hall–Kier alpha value is -1.00. The second-order valence-electron chi connectivity index (χ2n) is 6.50. The SMILES string of the molecule is CC(C)(C)c1ccc(SCCC(=O)N2CCNCC2)cc1. The maximum Gasteiger partial charge on any atom is 0.223 e. The second-order valence-corrected chi connectivity index (χ2v) is 7.67. The Balaban J connectivity index is 1.76. The fourth-order valence-electron chi connectivity index (χ4n) is 2.38. The quantitative estimate of drug-likeness (QED) is 0.868. The minimum absolute atomic E-state index is 0.196. The summed E-state index contributed by atoms with van der Waals surface area (Å²) in [6, 6.07) is 8.72. The maximum atomic E-state index is 12.1. The van der Waals surface area contributed by atoms with Crippen LogP contribution in [0.2, 0.25) is 0 Å². The van der Waals surface area contributed by atoms with Crippen molar-refractivity contribution in [1.82, 2.24) is 10.2 Å². The van der Waals surface area contributed by atoms with Gasteiger partial charge in [-0.15, -0.1) is 11.8 Å². The summed E-state index contributed by atoms with van der Waals surface area (Å²) < 4.78 is 0. The summed E-state index contributed by atoms with van der Waals surface area (Å²) in [6.45, 7) is 10.2. The predicted molar refractivity (Wildman–Crippen MR) is 89.9 cm³/mol. The van der Waals surface area contributed by atoms with E-state index in [4.69, 9.17) is 0 Å². The average molecular weight is 306 g/mol. The highest BCUT2D eigenvalue weighted by Crippen LogP contribution is 2.26. The number of amides is 1. The van der Waals surface area contributed by atoms with Crippen LogP contribution in [0.4, 0.5) is 0 Å². The van der Waals surface area contributed by atoms with Crippen LogP contribution < -0.4 is 5.32 Å². The van der Waals surface area contributed by atoms with E-state index in [2.05, 4.69) is 50.4 Å². The molecule has 1 aliphatic heterocycles. The van der Waals surface area contributed by atoms with Crippen LogP contribution in [0.15, 0.2) is 29.2 Å². The van der Waals surface area contributed by atoms with Crippen molar-refractivity contribution in [2.75, 3.05) is 31.9 Å². The van der Waals surface area contributed by atoms with Crippen LogP contribution in [-0.2, 0) is 10.2 Å². The lowest BCUT2D eigenvalue weighted by molar-refractivity contribution is -0.131. The van der Waals surface area contributed by atoms with Crippen molar-refractivity contribution in [3.05, 3.63) is 29.8 Å². The van der Waals surface area contributed by atoms with Gasteiger partial charge in [-0.05, 0) is 23.1 Å². The third-order valence-corrected chi connectivity index (χ3v) is 4.79. The highest BCUT2D eigenvalue weighted by atomic mass is 32.2. The first kappa shape index (κ1) is 16.4. The molecule has 1 fully saturated rings. The van der Waals surface area contributed by atoms with Crippen LogP contribution in [0.25, 0.3) is 0 Å². The van der Waals surface area contributed by atoms with Crippen LogP contribution in [0, 0.1) is 0 Å². The molecule has 1 N–H and O–H groups in total. The van der Waals surface area contributed by atoms with E-state index >= 15 is 0 Å². The number of hydrogen-bond acceptors (Lipinski definition) is 3. The molecular formula is C17H26N2OS. The number of nitrogens with zero attached hydrogens (tertiary/aromatic N) is 1. The molecule has 1 amide bonds. The lowest BCUT2D eigenvalue weighted by atomic mass is 9.87. The number of piperazine rings is 1. The standard InChI is InChI=1S/C17H26N2OS/c1-17(2,3)14-4-6-15(7-5-14)21-13-8-16(20)19-11-9-18-10-12-19/h4-7,18H,8-13H2,1-3H3. The monoisotopic (exact) mass is 306 g/mol. The molecular weight excluding hydrogens is 280 g/mol. The van der Waals surface area contributed by atoms with Gasteiger partial charge in [0, 0.05) is 43.2 Å². The van der Waals surface area contributed by atoms with Crippen LogP contribution in [-0.4, -0.2) is 42.7 Å². The van der Waals surface area contributed by atoms with Crippen LogP contribution in [0.3, 0.4) is 0 Å². The van der Waals surface area contributed by atoms with E-state index in [-0.39, 0.29) is 11.3 Å². The third kappa shape index (κ3) is 5.04. The van der Waals surface area contributed by atoms with Gasteiger partial charge in [0.05, 0.1) is 0 Å². The third-order valence-electron chi connectivity index (χ3n) is 3.77. The zero-order valence-electron chi connectivity index (χ0n) is 13.3. The van der Waals surface area contributed by atoms with Gasteiger partial charge >= 0.3 is 0 Å². The van der Waals surface area contributed by atoms with Crippen molar-refractivity contribution in [3.8, 4) is 0 Å². The van der Waals surface area contributed by atoms with E-state index in [0.717, 1.165) is 31.9 Å². The van der Waals surface area contributed by atoms with Gasteiger partial charge in [-0.25, -0.2) is 0 Å². The van der Waals surface area contributed by atoms with Gasteiger partial charge in [0.2, 0.25) is 5.91 Å². The zero-order chi connectivity index (χ0) is 15.3. The molecule has 1 aromatic rings. The first-order valence-electron chi connectivity index (χ1n) is 7.69. The molecule has 0 atom stereocenters. The van der Waals surface area contributed by atoms with E-state index in [0.29, 0.717) is 6.42 Å². The van der Waals surface area contributed by atoms with E-state index in [9.17, 15) is 4.79 Å². The predicted octanol–water partition coefficient (Wildman–Crippen LogP) is 2.90. The van der Waals surface area contributed by atoms with Gasteiger partial charge in [0.15, 0.2) is 0 Å². The summed E-state index contributed by atoms with van der Waals surface area (Å²) in [4.78, 5) is 15.3. The van der Waals surface area contributed by atoms with E-state index in [1.807, 2.05) is 4.90 Å². The maximum absolute atomic E-state index is 12.1. The first-order chi connectivity index (χ1) is 9.97. The Kier molecular flexibility index (Phi) is 5.71. The van der Waals surface area contributed by atoms with Crippen LogP contribution in [0.1, 0.15) is 32.8 Å². The number of rotatable bonds is 4. The Morgan fingerprint density at radius 1 is 1.19 bits per heavy atom. The van der Waals surface area contributed by atoms with Gasteiger partial charge in [-0.1, -0.05) is 32.9 Å². The highest BCUT2D eigenvalue weighted by molar-refractivity contribution is 7.99. The summed E-state index contributed by atoms with van der Waals surface area (Å²) in [5.41, 5.74) is 1.55. The molecule has 1 saturated heterocycles. The van der Waals surface area contributed by atoms with Gasteiger partial charge in [0.25, 0.3) is 0 Å². The summed E-state index contributed by atoms with van der Waals surface area (Å²) in [6.07, 6.45) is 0.631. The molecule has 4 heteroatoms. The minimum atomic E-state index is 0.196. The molecule has 0 bridgehead atoms. The largest absolute Gasteiger partial charge is 0.340 e. The average Bonchev–Trinajstić information content (AvgIpc) is 2.47. The molecule has 0 aromatic heterocycles. The summed E-state index contributed by atoms with van der Waals surface area (Å²) in [7, 11) is 0. The molecule has 3 nitrogen and oxygen atoms in total. The second kappa shape index (κ2) is 7.32. The number of nitrogens with one attached hydrogen (secondary N) is 1. The lowest BCUT2D eigenvalue weighted by Crippen LogP contribution is -2.46. The topological polar surface area (TPSA) is 32.3 Å². The zero-order valence-corrected chi connectivity index (χ0v) is 14.1. The summed E-state index contributed by atoms with van der Waals surface area (Å²) >= 11 is 1.77. The number of carbonyl (C=O) groups is 1.